The molecule has 1 fully saturated rings. The topological polar surface area (TPSA) is 66.5 Å². The van der Waals surface area contributed by atoms with E-state index in [2.05, 4.69) is 5.32 Å². The molecule has 25 heavy (non-hydrogen) atoms. The molecule has 0 bridgehead atoms. The zero-order chi connectivity index (χ0) is 17.7. The van der Waals surface area contributed by atoms with E-state index in [1.54, 1.807) is 30.3 Å². The Morgan fingerprint density at radius 1 is 1.04 bits per heavy atom. The molecule has 1 heterocycles. The number of nitrogens with zero attached hydrogens (tertiary/aromatic N) is 1. The first-order chi connectivity index (χ1) is 12.1. The van der Waals surface area contributed by atoms with Crippen molar-refractivity contribution in [3.63, 3.8) is 0 Å². The molecule has 1 amide bonds. The smallest absolute Gasteiger partial charge is 0.243 e. The fourth-order valence-corrected chi connectivity index (χ4v) is 4.61. The van der Waals surface area contributed by atoms with Crippen molar-refractivity contribution < 1.29 is 13.2 Å². The minimum absolute atomic E-state index is 0.0344. The highest BCUT2D eigenvalue weighted by Crippen LogP contribution is 2.26. The predicted molar refractivity (Wildman–Crippen MR) is 96.2 cm³/mol. The Kier molecular flexibility index (Phi) is 5.50. The molecule has 6 heteroatoms. The van der Waals surface area contributed by atoms with Crippen LogP contribution in [0.15, 0.2) is 65.6 Å². The molecule has 2 aromatic rings. The van der Waals surface area contributed by atoms with E-state index in [9.17, 15) is 13.2 Å². The first-order valence-electron chi connectivity index (χ1n) is 8.41. The molecule has 1 N–H and O–H groups in total. The van der Waals surface area contributed by atoms with E-state index in [1.807, 2.05) is 30.3 Å². The lowest BCUT2D eigenvalue weighted by atomic mass is 10.0. The third-order valence-electron chi connectivity index (χ3n) is 4.44. The van der Waals surface area contributed by atoms with E-state index < -0.39 is 10.0 Å². The summed E-state index contributed by atoms with van der Waals surface area (Å²) in [6.45, 7) is 1.36. The summed E-state index contributed by atoms with van der Waals surface area (Å²) >= 11 is 0. The van der Waals surface area contributed by atoms with Crippen LogP contribution in [0.25, 0.3) is 0 Å². The molecular formula is C19H22N2O3S. The van der Waals surface area contributed by atoms with E-state index >= 15 is 0 Å². The molecule has 1 saturated heterocycles. The van der Waals surface area contributed by atoms with Crippen LogP contribution in [0.5, 0.6) is 0 Å². The first kappa shape index (κ1) is 17.6. The van der Waals surface area contributed by atoms with Gasteiger partial charge in [-0.2, -0.15) is 4.31 Å². The third kappa shape index (κ3) is 4.46. The Hall–Kier alpha value is -2.18. The number of sulfonamides is 1. The van der Waals surface area contributed by atoms with Crippen molar-refractivity contribution in [3.05, 3.63) is 66.2 Å². The second-order valence-corrected chi connectivity index (χ2v) is 8.24. The van der Waals surface area contributed by atoms with Crippen molar-refractivity contribution in [2.45, 2.75) is 24.3 Å². The van der Waals surface area contributed by atoms with Gasteiger partial charge in [0, 0.05) is 26.1 Å². The number of hydrogen-bond acceptors (Lipinski definition) is 3. The van der Waals surface area contributed by atoms with Crippen LogP contribution in [0.3, 0.4) is 0 Å². The van der Waals surface area contributed by atoms with Gasteiger partial charge in [-0.05, 0) is 30.0 Å². The van der Waals surface area contributed by atoms with E-state index in [0.717, 1.165) is 5.56 Å². The van der Waals surface area contributed by atoms with Gasteiger partial charge in [0.15, 0.2) is 0 Å². The molecule has 0 radical (unpaired) electrons. The molecule has 1 atom stereocenters. The van der Waals surface area contributed by atoms with Crippen molar-refractivity contribution in [1.82, 2.24) is 9.62 Å². The third-order valence-corrected chi connectivity index (χ3v) is 6.32. The average Bonchev–Trinajstić information content (AvgIpc) is 3.11. The lowest BCUT2D eigenvalue weighted by Gasteiger charge is -2.16. The summed E-state index contributed by atoms with van der Waals surface area (Å²) in [7, 11) is -3.46. The average molecular weight is 358 g/mol. The van der Waals surface area contributed by atoms with Gasteiger partial charge in [-0.1, -0.05) is 48.5 Å². The van der Waals surface area contributed by atoms with E-state index in [4.69, 9.17) is 0 Å². The second-order valence-electron chi connectivity index (χ2n) is 6.30. The first-order valence-corrected chi connectivity index (χ1v) is 9.85. The van der Waals surface area contributed by atoms with Crippen LogP contribution < -0.4 is 5.32 Å². The molecule has 0 saturated carbocycles. The molecular weight excluding hydrogens is 336 g/mol. The minimum atomic E-state index is -3.46. The van der Waals surface area contributed by atoms with Crippen LogP contribution in [-0.2, 0) is 21.4 Å². The van der Waals surface area contributed by atoms with Gasteiger partial charge in [-0.25, -0.2) is 8.42 Å². The Morgan fingerprint density at radius 3 is 2.36 bits per heavy atom. The number of amides is 1. The molecule has 5 nitrogen and oxygen atoms in total. The van der Waals surface area contributed by atoms with E-state index in [1.165, 1.54) is 4.31 Å². The number of rotatable bonds is 6. The zero-order valence-corrected chi connectivity index (χ0v) is 14.8. The molecule has 3 rings (SSSR count). The Labute approximate surface area is 148 Å². The van der Waals surface area contributed by atoms with Crippen molar-refractivity contribution in [2.24, 2.45) is 5.92 Å². The van der Waals surface area contributed by atoms with Crippen LogP contribution in [0.1, 0.15) is 18.4 Å². The fourth-order valence-electron chi connectivity index (χ4n) is 3.05. The van der Waals surface area contributed by atoms with Crippen LogP contribution >= 0.6 is 0 Å². The summed E-state index contributed by atoms with van der Waals surface area (Å²) < 4.78 is 26.7. The van der Waals surface area contributed by atoms with Crippen LogP contribution in [-0.4, -0.2) is 31.7 Å². The number of benzene rings is 2. The lowest BCUT2D eigenvalue weighted by Crippen LogP contribution is -2.30. The van der Waals surface area contributed by atoms with Gasteiger partial charge in [0.05, 0.1) is 4.90 Å². The Morgan fingerprint density at radius 2 is 1.68 bits per heavy atom. The summed E-state index contributed by atoms with van der Waals surface area (Å²) in [4.78, 5) is 12.4. The molecule has 0 spiro atoms. The summed E-state index contributed by atoms with van der Waals surface area (Å²) in [5, 5.41) is 2.90. The SMILES string of the molecule is O=C(CC1CCN(S(=O)(=O)c2ccccc2)C1)NCc1ccccc1. The normalized spacial score (nSPS) is 18.2. The highest BCUT2D eigenvalue weighted by molar-refractivity contribution is 7.89. The maximum absolute atomic E-state index is 12.6. The van der Waals surface area contributed by atoms with Crippen molar-refractivity contribution in [2.75, 3.05) is 13.1 Å². The minimum Gasteiger partial charge on any atom is -0.352 e. The van der Waals surface area contributed by atoms with Crippen LogP contribution in [0, 0.1) is 5.92 Å². The van der Waals surface area contributed by atoms with Crippen molar-refractivity contribution in [3.8, 4) is 0 Å². The summed E-state index contributed by atoms with van der Waals surface area (Å²) in [5.41, 5.74) is 1.05. The number of carbonyl (C=O) groups is 1. The molecule has 0 aliphatic carbocycles. The van der Waals surface area contributed by atoms with Gasteiger partial charge in [-0.15, -0.1) is 0 Å². The number of nitrogens with one attached hydrogen (secondary N) is 1. The van der Waals surface area contributed by atoms with Gasteiger partial charge in [0.25, 0.3) is 0 Å². The van der Waals surface area contributed by atoms with Crippen LogP contribution in [0.4, 0.5) is 0 Å². The largest absolute Gasteiger partial charge is 0.352 e. The van der Waals surface area contributed by atoms with Crippen molar-refractivity contribution >= 4 is 15.9 Å². The monoisotopic (exact) mass is 358 g/mol. The van der Waals surface area contributed by atoms with Gasteiger partial charge in [-0.3, -0.25) is 4.79 Å². The Bertz CT molecular complexity index is 807. The lowest BCUT2D eigenvalue weighted by molar-refractivity contribution is -0.122. The predicted octanol–water partition coefficient (Wildman–Crippen LogP) is 2.40. The highest BCUT2D eigenvalue weighted by atomic mass is 32.2. The molecule has 1 unspecified atom stereocenters. The number of hydrogen-bond donors (Lipinski definition) is 1. The maximum Gasteiger partial charge on any atom is 0.243 e. The highest BCUT2D eigenvalue weighted by Gasteiger charge is 2.33. The van der Waals surface area contributed by atoms with Gasteiger partial charge >= 0.3 is 0 Å². The second kappa shape index (κ2) is 7.80. The molecule has 0 aromatic heterocycles. The Balaban J connectivity index is 1.52. The van der Waals surface area contributed by atoms with E-state index in [0.29, 0.717) is 37.4 Å². The van der Waals surface area contributed by atoms with Gasteiger partial charge in [0.1, 0.15) is 0 Å². The zero-order valence-electron chi connectivity index (χ0n) is 14.0. The van der Waals surface area contributed by atoms with Gasteiger partial charge in [0.2, 0.25) is 15.9 Å². The quantitative estimate of drug-likeness (QED) is 0.862. The molecule has 132 valence electrons. The molecule has 1 aliphatic rings. The maximum atomic E-state index is 12.6. The summed E-state index contributed by atoms with van der Waals surface area (Å²) in [6, 6.07) is 18.2. The van der Waals surface area contributed by atoms with Gasteiger partial charge < -0.3 is 5.32 Å². The number of carbonyl (C=O) groups excluding carboxylic acids is 1. The fraction of sp³-hybridized carbons (Fsp3) is 0.316. The van der Waals surface area contributed by atoms with E-state index in [-0.39, 0.29) is 11.8 Å². The van der Waals surface area contributed by atoms with Crippen molar-refractivity contribution in [1.29, 1.82) is 0 Å². The standard InChI is InChI=1S/C19H22N2O3S/c22-19(20-14-16-7-3-1-4-8-16)13-17-11-12-21(15-17)25(23,24)18-9-5-2-6-10-18/h1-10,17H,11-15H2,(H,20,22). The molecule has 1 aliphatic heterocycles. The van der Waals surface area contributed by atoms with Crippen LogP contribution in [0.2, 0.25) is 0 Å². The summed E-state index contributed by atoms with van der Waals surface area (Å²) in [5.74, 6) is 0.0297. The molecule has 2 aromatic carbocycles. The summed E-state index contributed by atoms with van der Waals surface area (Å²) in [6.07, 6.45) is 1.07.